The Kier molecular flexibility index (Phi) is 11.1. The summed E-state index contributed by atoms with van der Waals surface area (Å²) in [5.41, 5.74) is 0. The summed E-state index contributed by atoms with van der Waals surface area (Å²) in [5.74, 6) is -0.255. The lowest BCUT2D eigenvalue weighted by Gasteiger charge is -2.00. The Bertz CT molecular complexity index is 305. The van der Waals surface area contributed by atoms with Gasteiger partial charge in [-0.3, -0.25) is 19.2 Å². The quantitative estimate of drug-likeness (QED) is 0.535. The van der Waals surface area contributed by atoms with Crippen LogP contribution >= 0.6 is 0 Å². The molecule has 0 atom stereocenters. The fraction of sp³-hybridized carbons (Fsp3) is 0.692. The van der Waals surface area contributed by atoms with E-state index < -0.39 is 5.97 Å². The van der Waals surface area contributed by atoms with E-state index in [4.69, 9.17) is 0 Å². The zero-order valence-corrected chi connectivity index (χ0v) is 11.7. The maximum absolute atomic E-state index is 10.8. The second kappa shape index (κ2) is 10.6. The molecule has 0 bridgehead atoms. The van der Waals surface area contributed by atoms with Crippen LogP contribution in [0, 0.1) is 5.92 Å². The molecule has 0 saturated carbocycles. The lowest BCUT2D eigenvalue weighted by molar-refractivity contribution is -0.143. The maximum atomic E-state index is 10.8. The largest absolute Gasteiger partial charge is 0.469 e. The van der Waals surface area contributed by atoms with Crippen LogP contribution in [0.25, 0.3) is 0 Å². The van der Waals surface area contributed by atoms with E-state index in [0.717, 1.165) is 0 Å². The first-order valence-corrected chi connectivity index (χ1v) is 5.76. The summed E-state index contributed by atoms with van der Waals surface area (Å²) in [6.45, 7) is 6.73. The number of esters is 1. The molecule has 0 aliphatic heterocycles. The fourth-order valence-electron chi connectivity index (χ4n) is 1.08. The molecule has 0 aliphatic rings. The van der Waals surface area contributed by atoms with E-state index >= 15 is 0 Å². The lowest BCUT2D eigenvalue weighted by atomic mass is 10.0. The van der Waals surface area contributed by atoms with Crippen LogP contribution in [-0.4, -0.2) is 30.4 Å². The molecule has 0 amide bonds. The average Bonchev–Trinajstić information content (AvgIpc) is 2.14. The molecule has 0 saturated heterocycles. The molecular formula is C13H22O5. The van der Waals surface area contributed by atoms with E-state index in [0.29, 0.717) is 12.3 Å². The third-order valence-electron chi connectivity index (χ3n) is 1.70. The van der Waals surface area contributed by atoms with Crippen LogP contribution in [0.2, 0.25) is 0 Å². The molecule has 0 fully saturated rings. The van der Waals surface area contributed by atoms with Crippen molar-refractivity contribution in [2.45, 2.75) is 47.0 Å². The Morgan fingerprint density at radius 1 is 0.944 bits per heavy atom. The highest BCUT2D eigenvalue weighted by atomic mass is 16.5. The molecular weight excluding hydrogens is 236 g/mol. The summed E-state index contributed by atoms with van der Waals surface area (Å²) in [6, 6.07) is 0. The van der Waals surface area contributed by atoms with Gasteiger partial charge in [-0.05, 0) is 19.8 Å². The van der Waals surface area contributed by atoms with Gasteiger partial charge in [-0.15, -0.1) is 0 Å². The molecule has 0 aromatic rings. The van der Waals surface area contributed by atoms with Gasteiger partial charge in [-0.1, -0.05) is 13.8 Å². The number of Topliss-reactive ketones (excluding diaryl/α,β-unsaturated/α-hetero) is 3. The van der Waals surface area contributed by atoms with E-state index in [1.807, 2.05) is 13.8 Å². The van der Waals surface area contributed by atoms with Crippen LogP contribution < -0.4 is 0 Å². The van der Waals surface area contributed by atoms with E-state index in [1.165, 1.54) is 21.0 Å². The van der Waals surface area contributed by atoms with Crippen LogP contribution in [0.15, 0.2) is 0 Å². The molecule has 5 nitrogen and oxygen atoms in total. The van der Waals surface area contributed by atoms with Gasteiger partial charge in [0.25, 0.3) is 0 Å². The monoisotopic (exact) mass is 258 g/mol. The summed E-state index contributed by atoms with van der Waals surface area (Å²) in [7, 11) is 1.26. The summed E-state index contributed by atoms with van der Waals surface area (Å²) in [5, 5.41) is 0. The van der Waals surface area contributed by atoms with Crippen molar-refractivity contribution in [3.8, 4) is 0 Å². The molecule has 18 heavy (non-hydrogen) atoms. The van der Waals surface area contributed by atoms with E-state index in [-0.39, 0.29) is 30.2 Å². The molecule has 0 rings (SSSR count). The summed E-state index contributed by atoms with van der Waals surface area (Å²) >= 11 is 0. The van der Waals surface area contributed by atoms with Gasteiger partial charge in [-0.25, -0.2) is 0 Å². The van der Waals surface area contributed by atoms with Gasteiger partial charge in [0, 0.05) is 6.42 Å². The first kappa shape index (κ1) is 18.8. The standard InChI is InChI=1S/C8H14O2.C5H8O3/c1-6(2)4-8(10)5-7(3)9;1-4(6)3-5(7)8-2/h6H,4-5H2,1-3H3;3H2,1-2H3. The lowest BCUT2D eigenvalue weighted by Crippen LogP contribution is -2.06. The van der Waals surface area contributed by atoms with Gasteiger partial charge >= 0.3 is 5.97 Å². The molecule has 5 heteroatoms. The van der Waals surface area contributed by atoms with Gasteiger partial charge in [0.15, 0.2) is 0 Å². The van der Waals surface area contributed by atoms with Crippen molar-refractivity contribution >= 4 is 23.3 Å². The van der Waals surface area contributed by atoms with Gasteiger partial charge < -0.3 is 4.74 Å². The van der Waals surface area contributed by atoms with Crippen molar-refractivity contribution < 1.29 is 23.9 Å². The Morgan fingerprint density at radius 2 is 1.39 bits per heavy atom. The smallest absolute Gasteiger partial charge is 0.313 e. The van der Waals surface area contributed by atoms with Gasteiger partial charge in [0.2, 0.25) is 0 Å². The number of carbonyl (C=O) groups is 4. The molecule has 0 unspecified atom stereocenters. The van der Waals surface area contributed by atoms with Crippen LogP contribution in [0.1, 0.15) is 47.0 Å². The minimum Gasteiger partial charge on any atom is -0.469 e. The first-order valence-electron chi connectivity index (χ1n) is 5.76. The highest BCUT2D eigenvalue weighted by Gasteiger charge is 2.06. The fourth-order valence-corrected chi connectivity index (χ4v) is 1.08. The zero-order chi connectivity index (χ0) is 14.7. The van der Waals surface area contributed by atoms with Crippen molar-refractivity contribution in [1.29, 1.82) is 0 Å². The van der Waals surface area contributed by atoms with Crippen LogP contribution in [0.4, 0.5) is 0 Å². The topological polar surface area (TPSA) is 77.5 Å². The second-order valence-corrected chi connectivity index (χ2v) is 4.47. The number of ketones is 3. The minimum absolute atomic E-state index is 0.0364. The number of hydrogen-bond acceptors (Lipinski definition) is 5. The molecule has 0 aromatic heterocycles. The van der Waals surface area contributed by atoms with Gasteiger partial charge in [-0.2, -0.15) is 0 Å². The van der Waals surface area contributed by atoms with Gasteiger partial charge in [0.1, 0.15) is 23.8 Å². The highest BCUT2D eigenvalue weighted by Crippen LogP contribution is 2.02. The van der Waals surface area contributed by atoms with Crippen LogP contribution in [0.3, 0.4) is 0 Å². The normalized spacial score (nSPS) is 9.22. The molecule has 104 valence electrons. The Labute approximate surface area is 108 Å². The third-order valence-corrected chi connectivity index (χ3v) is 1.70. The van der Waals surface area contributed by atoms with E-state index in [1.54, 1.807) is 0 Å². The number of ether oxygens (including phenoxy) is 1. The molecule has 0 spiro atoms. The molecule has 0 aliphatic carbocycles. The van der Waals surface area contributed by atoms with E-state index in [9.17, 15) is 19.2 Å². The Hall–Kier alpha value is -1.52. The molecule has 0 radical (unpaired) electrons. The Balaban J connectivity index is 0. The predicted octanol–water partition coefficient (Wildman–Crippen LogP) is 1.72. The van der Waals surface area contributed by atoms with Crippen molar-refractivity contribution in [3.63, 3.8) is 0 Å². The second-order valence-electron chi connectivity index (χ2n) is 4.47. The number of rotatable bonds is 6. The van der Waals surface area contributed by atoms with E-state index in [2.05, 4.69) is 4.74 Å². The third kappa shape index (κ3) is 16.9. The van der Waals surface area contributed by atoms with Crippen molar-refractivity contribution in [2.24, 2.45) is 5.92 Å². The van der Waals surface area contributed by atoms with Gasteiger partial charge in [0.05, 0.1) is 13.5 Å². The van der Waals surface area contributed by atoms with Crippen molar-refractivity contribution in [1.82, 2.24) is 0 Å². The summed E-state index contributed by atoms with van der Waals surface area (Å²) in [6.07, 6.45) is 0.522. The maximum Gasteiger partial charge on any atom is 0.313 e. The Morgan fingerprint density at radius 3 is 1.61 bits per heavy atom. The van der Waals surface area contributed by atoms with Crippen LogP contribution in [0.5, 0.6) is 0 Å². The first-order chi connectivity index (χ1) is 8.18. The SMILES string of the molecule is CC(=O)CC(=O)CC(C)C.COC(=O)CC(C)=O. The highest BCUT2D eigenvalue weighted by molar-refractivity contribution is 5.97. The minimum atomic E-state index is -0.475. The van der Waals surface area contributed by atoms with Crippen LogP contribution in [-0.2, 0) is 23.9 Å². The number of carbonyl (C=O) groups excluding carboxylic acids is 4. The molecule has 0 N–H and O–H groups in total. The average molecular weight is 258 g/mol. The molecule has 0 aromatic carbocycles. The predicted molar refractivity (Wildman–Crippen MR) is 67.1 cm³/mol. The molecule has 0 heterocycles. The summed E-state index contributed by atoms with van der Waals surface area (Å²) in [4.78, 5) is 41.5. The van der Waals surface area contributed by atoms with Crippen molar-refractivity contribution in [2.75, 3.05) is 7.11 Å². The van der Waals surface area contributed by atoms with Crippen molar-refractivity contribution in [3.05, 3.63) is 0 Å². The zero-order valence-electron chi connectivity index (χ0n) is 11.7. The number of hydrogen-bond donors (Lipinski definition) is 0. The number of methoxy groups -OCH3 is 1. The summed E-state index contributed by atoms with van der Waals surface area (Å²) < 4.78 is 4.20.